The highest BCUT2D eigenvalue weighted by atomic mass is 16.4. The molecule has 0 fully saturated rings. The first-order chi connectivity index (χ1) is 11.4. The van der Waals surface area contributed by atoms with Gasteiger partial charge in [-0.3, -0.25) is 10.2 Å². The van der Waals surface area contributed by atoms with Gasteiger partial charge < -0.3 is 10.2 Å². The highest BCUT2D eigenvalue weighted by Gasteiger charge is 2.11. The number of carbonyl (C=O) groups is 2. The Morgan fingerprint density at radius 1 is 1.25 bits per heavy atom. The molecule has 0 aliphatic rings. The third-order valence-electron chi connectivity index (χ3n) is 3.30. The van der Waals surface area contributed by atoms with Crippen molar-refractivity contribution in [2.24, 2.45) is 5.10 Å². The third kappa shape index (κ3) is 3.67. The van der Waals surface area contributed by atoms with Gasteiger partial charge in [0.05, 0.1) is 11.3 Å². The molecule has 0 spiro atoms. The molecule has 2 aromatic rings. The summed E-state index contributed by atoms with van der Waals surface area (Å²) in [5.74, 6) is -1.15. The van der Waals surface area contributed by atoms with Gasteiger partial charge in [-0.2, -0.15) is 5.10 Å². The molecule has 0 aliphatic heterocycles. The van der Waals surface area contributed by atoms with Gasteiger partial charge in [-0.05, 0) is 36.3 Å². The van der Waals surface area contributed by atoms with Crippen molar-refractivity contribution in [1.82, 2.24) is 0 Å². The van der Waals surface area contributed by atoms with Crippen molar-refractivity contribution in [3.8, 4) is 16.9 Å². The first kappa shape index (κ1) is 17.0. The van der Waals surface area contributed by atoms with E-state index in [1.54, 1.807) is 37.3 Å². The van der Waals surface area contributed by atoms with Crippen LogP contribution in [0.15, 0.2) is 59.7 Å². The van der Waals surface area contributed by atoms with Crippen LogP contribution in [0.4, 0.5) is 5.69 Å². The van der Waals surface area contributed by atoms with E-state index in [1.807, 2.05) is 0 Å². The fourth-order valence-corrected chi connectivity index (χ4v) is 2.03. The summed E-state index contributed by atoms with van der Waals surface area (Å²) in [5, 5.41) is 23.4. The normalized spacial score (nSPS) is 11.0. The minimum Gasteiger partial charge on any atom is -0.505 e. The molecule has 0 radical (unpaired) electrons. The minimum absolute atomic E-state index is 0.101. The SMILES string of the molecule is C=C(C)/C(C=O)=N/Nc1cccc(-c2cccc(C(=O)O)c2)c1O. The number of aromatic hydroxyl groups is 1. The Morgan fingerprint density at radius 3 is 2.58 bits per heavy atom. The number of nitrogens with zero attached hydrogens (tertiary/aromatic N) is 1. The van der Waals surface area contributed by atoms with Gasteiger partial charge in [0.15, 0.2) is 6.29 Å². The molecule has 122 valence electrons. The number of carboxylic acid groups (broad SMARTS) is 1. The molecule has 24 heavy (non-hydrogen) atoms. The fourth-order valence-electron chi connectivity index (χ4n) is 2.03. The number of rotatable bonds is 6. The lowest BCUT2D eigenvalue weighted by atomic mass is 10.0. The molecule has 0 heterocycles. The van der Waals surface area contributed by atoms with Gasteiger partial charge in [-0.25, -0.2) is 4.79 Å². The van der Waals surface area contributed by atoms with Crippen LogP contribution in [0.5, 0.6) is 5.75 Å². The summed E-state index contributed by atoms with van der Waals surface area (Å²) in [4.78, 5) is 22.0. The van der Waals surface area contributed by atoms with Crippen LogP contribution in [0.25, 0.3) is 11.1 Å². The maximum absolute atomic E-state index is 11.1. The number of aldehydes is 1. The number of nitrogens with one attached hydrogen (secondary N) is 1. The number of benzene rings is 2. The topological polar surface area (TPSA) is 99.0 Å². The first-order valence-electron chi connectivity index (χ1n) is 7.04. The van der Waals surface area contributed by atoms with Crippen molar-refractivity contribution in [1.29, 1.82) is 0 Å². The molecule has 0 bridgehead atoms. The Balaban J connectivity index is 2.41. The van der Waals surface area contributed by atoms with E-state index in [0.717, 1.165) is 0 Å². The molecule has 0 aromatic heterocycles. The van der Waals surface area contributed by atoms with Crippen LogP contribution < -0.4 is 5.43 Å². The molecule has 0 saturated heterocycles. The van der Waals surface area contributed by atoms with E-state index < -0.39 is 5.97 Å². The predicted molar refractivity (Wildman–Crippen MR) is 92.4 cm³/mol. The molecule has 6 nitrogen and oxygen atoms in total. The number of aromatic carboxylic acids is 1. The van der Waals surface area contributed by atoms with Gasteiger partial charge in [-0.15, -0.1) is 0 Å². The second kappa shape index (κ2) is 7.23. The summed E-state index contributed by atoms with van der Waals surface area (Å²) >= 11 is 0. The van der Waals surface area contributed by atoms with Gasteiger partial charge in [0.1, 0.15) is 11.5 Å². The molecule has 6 heteroatoms. The summed E-state index contributed by atoms with van der Waals surface area (Å²) < 4.78 is 0. The molecule has 2 rings (SSSR count). The summed E-state index contributed by atoms with van der Waals surface area (Å²) in [6, 6.07) is 11.2. The van der Waals surface area contributed by atoms with Crippen LogP contribution in [0.3, 0.4) is 0 Å². The average Bonchev–Trinajstić information content (AvgIpc) is 2.56. The van der Waals surface area contributed by atoms with Crippen LogP contribution in [0.2, 0.25) is 0 Å². The summed E-state index contributed by atoms with van der Waals surface area (Å²) in [6.45, 7) is 5.27. The van der Waals surface area contributed by atoms with E-state index in [1.165, 1.54) is 12.1 Å². The monoisotopic (exact) mass is 324 g/mol. The Morgan fingerprint density at radius 2 is 1.96 bits per heavy atom. The van der Waals surface area contributed by atoms with E-state index in [-0.39, 0.29) is 22.7 Å². The molecule has 0 unspecified atom stereocenters. The van der Waals surface area contributed by atoms with E-state index >= 15 is 0 Å². The zero-order valence-corrected chi connectivity index (χ0v) is 13.0. The number of hydrazone groups is 1. The molecule has 0 atom stereocenters. The van der Waals surface area contributed by atoms with Crippen molar-refractivity contribution < 1.29 is 19.8 Å². The van der Waals surface area contributed by atoms with Crippen LogP contribution in [0, 0.1) is 0 Å². The molecule has 0 saturated carbocycles. The highest BCUT2D eigenvalue weighted by Crippen LogP contribution is 2.35. The lowest BCUT2D eigenvalue weighted by Crippen LogP contribution is -2.04. The Hall–Kier alpha value is -3.41. The van der Waals surface area contributed by atoms with E-state index in [4.69, 9.17) is 5.11 Å². The molecule has 2 aromatic carbocycles. The zero-order valence-electron chi connectivity index (χ0n) is 13.0. The van der Waals surface area contributed by atoms with E-state index in [9.17, 15) is 14.7 Å². The van der Waals surface area contributed by atoms with Gasteiger partial charge >= 0.3 is 5.97 Å². The van der Waals surface area contributed by atoms with Crippen molar-refractivity contribution >= 4 is 23.7 Å². The second-order valence-corrected chi connectivity index (χ2v) is 5.09. The van der Waals surface area contributed by atoms with Crippen LogP contribution in [0.1, 0.15) is 17.3 Å². The molecular weight excluding hydrogens is 308 g/mol. The maximum Gasteiger partial charge on any atom is 0.335 e. The predicted octanol–water partition coefficient (Wildman–Crippen LogP) is 3.30. The molecule has 0 amide bonds. The standard InChI is InChI=1S/C18H16N2O4/c1-11(2)16(10-21)20-19-15-8-4-7-14(17(15)22)12-5-3-6-13(9-12)18(23)24/h3-10,19,22H,1H2,2H3,(H,23,24)/b20-16+. The molecular formula is C18H16N2O4. The average molecular weight is 324 g/mol. The largest absolute Gasteiger partial charge is 0.505 e. The van der Waals surface area contributed by atoms with Crippen molar-refractivity contribution in [3.63, 3.8) is 0 Å². The molecule has 3 N–H and O–H groups in total. The Kier molecular flexibility index (Phi) is 5.11. The van der Waals surface area contributed by atoms with Gasteiger partial charge in [0.2, 0.25) is 0 Å². The third-order valence-corrected chi connectivity index (χ3v) is 3.30. The summed E-state index contributed by atoms with van der Waals surface area (Å²) in [6.07, 6.45) is 0.562. The fraction of sp³-hybridized carbons (Fsp3) is 0.0556. The molecule has 0 aliphatic carbocycles. The smallest absolute Gasteiger partial charge is 0.335 e. The quantitative estimate of drug-likeness (QED) is 0.328. The van der Waals surface area contributed by atoms with E-state index in [2.05, 4.69) is 17.1 Å². The van der Waals surface area contributed by atoms with Gasteiger partial charge in [-0.1, -0.05) is 30.8 Å². The number of carboxylic acids is 1. The van der Waals surface area contributed by atoms with Crippen LogP contribution in [-0.4, -0.2) is 28.2 Å². The zero-order chi connectivity index (χ0) is 17.7. The second-order valence-electron chi connectivity index (χ2n) is 5.09. The van der Waals surface area contributed by atoms with Gasteiger partial charge in [0, 0.05) is 5.56 Å². The number of anilines is 1. The highest BCUT2D eigenvalue weighted by molar-refractivity contribution is 6.35. The lowest BCUT2D eigenvalue weighted by molar-refractivity contribution is -0.102. The number of carbonyl (C=O) groups excluding carboxylic acids is 1. The number of hydrogen-bond acceptors (Lipinski definition) is 5. The minimum atomic E-state index is -1.05. The lowest BCUT2D eigenvalue weighted by Gasteiger charge is -2.10. The number of hydrogen-bond donors (Lipinski definition) is 3. The number of phenolic OH excluding ortho intramolecular Hbond substituents is 1. The Labute approximate surface area is 138 Å². The maximum atomic E-state index is 11.1. The number of phenols is 1. The van der Waals surface area contributed by atoms with Crippen molar-refractivity contribution in [3.05, 3.63) is 60.2 Å². The van der Waals surface area contributed by atoms with E-state index in [0.29, 0.717) is 23.0 Å². The first-order valence-corrected chi connectivity index (χ1v) is 7.04. The number of allylic oxidation sites excluding steroid dienone is 1. The summed E-state index contributed by atoms with van der Waals surface area (Å²) in [7, 11) is 0. The summed E-state index contributed by atoms with van der Waals surface area (Å²) in [5.41, 5.74) is 4.65. The van der Waals surface area contributed by atoms with Crippen LogP contribution >= 0.6 is 0 Å². The van der Waals surface area contributed by atoms with Crippen molar-refractivity contribution in [2.75, 3.05) is 5.43 Å². The Bertz CT molecular complexity index is 841. The van der Waals surface area contributed by atoms with Crippen LogP contribution in [-0.2, 0) is 4.79 Å². The van der Waals surface area contributed by atoms with Crippen molar-refractivity contribution in [2.45, 2.75) is 6.92 Å². The number of para-hydroxylation sites is 1. The van der Waals surface area contributed by atoms with Gasteiger partial charge in [0.25, 0.3) is 0 Å².